The van der Waals surface area contributed by atoms with Crippen LogP contribution >= 0.6 is 0 Å². The summed E-state index contributed by atoms with van der Waals surface area (Å²) in [6.45, 7) is 0.222. The largest absolute Gasteiger partial charge is 0.394 e. The van der Waals surface area contributed by atoms with E-state index in [1.165, 1.54) is 0 Å². The first-order chi connectivity index (χ1) is 13.1. The fourth-order valence-corrected chi connectivity index (χ4v) is 1.78. The normalized spacial score (nSPS) is 20.1. The average molecular weight is 420 g/mol. The molecule has 0 aliphatic carbocycles. The average Bonchev–Trinajstić information content (AvgIpc) is 2.72. The molecule has 0 aliphatic rings. The summed E-state index contributed by atoms with van der Waals surface area (Å²) in [7, 11) is 0. The van der Waals surface area contributed by atoms with Gasteiger partial charge in [0, 0.05) is 6.61 Å². The number of hydrogen-bond donors (Lipinski definition) is 11. The second-order valence-corrected chi connectivity index (χ2v) is 6.21. The maximum Gasteiger partial charge on any atom is 0.111 e. The molecular weight excluding hydrogens is 384 g/mol. The van der Waals surface area contributed by atoms with Crippen molar-refractivity contribution in [1.82, 2.24) is 0 Å². The summed E-state index contributed by atoms with van der Waals surface area (Å²) >= 11 is 0. The number of rotatable bonds is 14. The maximum atomic E-state index is 9.40. The van der Waals surface area contributed by atoms with Gasteiger partial charge in [0.1, 0.15) is 48.8 Å². The first-order valence-corrected chi connectivity index (χ1v) is 8.93. The molecule has 0 fully saturated rings. The highest BCUT2D eigenvalue weighted by Gasteiger charge is 2.30. The lowest BCUT2D eigenvalue weighted by Crippen LogP contribution is -2.47. The van der Waals surface area contributed by atoms with Gasteiger partial charge in [-0.3, -0.25) is 0 Å². The van der Waals surface area contributed by atoms with E-state index in [1.807, 2.05) is 6.92 Å². The molecule has 0 aromatic rings. The molecule has 0 spiro atoms. The van der Waals surface area contributed by atoms with Crippen LogP contribution in [-0.2, 0) is 4.74 Å². The van der Waals surface area contributed by atoms with Crippen molar-refractivity contribution in [3.05, 3.63) is 0 Å². The van der Waals surface area contributed by atoms with E-state index in [0.29, 0.717) is 6.61 Å². The van der Waals surface area contributed by atoms with Crippen LogP contribution in [-0.4, -0.2) is 138 Å². The van der Waals surface area contributed by atoms with Crippen LogP contribution in [0, 0.1) is 0 Å². The molecule has 28 heavy (non-hydrogen) atoms. The topological polar surface area (TPSA) is 232 Å². The van der Waals surface area contributed by atoms with Crippen LogP contribution in [0.1, 0.15) is 19.8 Å². The molecule has 0 saturated carbocycles. The van der Waals surface area contributed by atoms with Crippen molar-refractivity contribution in [2.45, 2.75) is 68.6 Å². The molecule has 0 aliphatic heterocycles. The molecule has 12 heteroatoms. The maximum absolute atomic E-state index is 9.40. The zero-order chi connectivity index (χ0) is 22.3. The third-order valence-electron chi connectivity index (χ3n) is 3.77. The molecule has 0 aromatic heterocycles. The molecular formula is C16H36O12. The van der Waals surface area contributed by atoms with E-state index in [4.69, 9.17) is 45.6 Å². The van der Waals surface area contributed by atoms with Crippen molar-refractivity contribution in [3.8, 4) is 0 Å². The van der Waals surface area contributed by atoms with Crippen molar-refractivity contribution in [3.63, 3.8) is 0 Å². The highest BCUT2D eigenvalue weighted by Crippen LogP contribution is 2.06. The quantitative estimate of drug-likeness (QED) is 0.118. The third-order valence-corrected chi connectivity index (χ3v) is 3.77. The number of aliphatic hydroxyl groups excluding tert-OH is 11. The Morgan fingerprint density at radius 3 is 1.18 bits per heavy atom. The minimum absolute atomic E-state index is 0.115. The second kappa shape index (κ2) is 17.4. The molecule has 11 N–H and O–H groups in total. The number of unbranched alkanes of at least 4 members (excludes halogenated alkanes) is 1. The first-order valence-electron chi connectivity index (χ1n) is 8.93. The van der Waals surface area contributed by atoms with Crippen LogP contribution in [0.25, 0.3) is 0 Å². The van der Waals surface area contributed by atoms with Crippen LogP contribution < -0.4 is 0 Å². The summed E-state index contributed by atoms with van der Waals surface area (Å²) in [5, 5.41) is 97.8. The fourth-order valence-electron chi connectivity index (χ4n) is 1.78. The number of hydrogen-bond acceptors (Lipinski definition) is 12. The van der Waals surface area contributed by atoms with Gasteiger partial charge in [-0.15, -0.1) is 0 Å². The van der Waals surface area contributed by atoms with Crippen molar-refractivity contribution in [2.75, 3.05) is 33.0 Å². The van der Waals surface area contributed by atoms with Crippen molar-refractivity contribution in [2.24, 2.45) is 0 Å². The predicted molar refractivity (Wildman–Crippen MR) is 95.0 cm³/mol. The number of aliphatic hydroxyl groups is 11. The van der Waals surface area contributed by atoms with E-state index >= 15 is 0 Å². The van der Waals surface area contributed by atoms with Gasteiger partial charge in [-0.2, -0.15) is 0 Å². The Balaban J connectivity index is 0. The van der Waals surface area contributed by atoms with Crippen LogP contribution in [0.2, 0.25) is 0 Å². The second-order valence-electron chi connectivity index (χ2n) is 6.21. The van der Waals surface area contributed by atoms with Crippen molar-refractivity contribution in [1.29, 1.82) is 0 Å². The minimum Gasteiger partial charge on any atom is -0.394 e. The lowest BCUT2D eigenvalue weighted by Gasteiger charge is -2.25. The van der Waals surface area contributed by atoms with Crippen LogP contribution in [0.15, 0.2) is 0 Å². The molecule has 8 unspecified atom stereocenters. The highest BCUT2D eigenvalue weighted by atomic mass is 16.5. The highest BCUT2D eigenvalue weighted by molar-refractivity contribution is 4.80. The summed E-state index contributed by atoms with van der Waals surface area (Å²) in [4.78, 5) is 0. The predicted octanol–water partition coefficient (Wildman–Crippen LogP) is -5.35. The molecule has 0 radical (unpaired) electrons. The summed E-state index contributed by atoms with van der Waals surface area (Å²) in [5.41, 5.74) is 0. The fraction of sp³-hybridized carbons (Fsp3) is 1.00. The Kier molecular flexibility index (Phi) is 18.5. The Labute approximate surface area is 163 Å². The van der Waals surface area contributed by atoms with E-state index < -0.39 is 68.7 Å². The zero-order valence-corrected chi connectivity index (χ0v) is 15.9. The molecule has 0 saturated heterocycles. The van der Waals surface area contributed by atoms with E-state index in [1.54, 1.807) is 0 Å². The van der Waals surface area contributed by atoms with E-state index in [0.717, 1.165) is 12.8 Å². The Morgan fingerprint density at radius 1 is 0.571 bits per heavy atom. The van der Waals surface area contributed by atoms with Gasteiger partial charge >= 0.3 is 0 Å². The Morgan fingerprint density at radius 2 is 0.893 bits per heavy atom. The first kappa shape index (κ1) is 29.7. The van der Waals surface area contributed by atoms with Gasteiger partial charge in [0.25, 0.3) is 0 Å². The van der Waals surface area contributed by atoms with E-state index in [2.05, 4.69) is 0 Å². The Bertz CT molecular complexity index is 334. The lowest BCUT2D eigenvalue weighted by molar-refractivity contribution is -0.129. The number of ether oxygens (including phenoxy) is 1. The van der Waals surface area contributed by atoms with E-state index in [-0.39, 0.29) is 6.61 Å². The summed E-state index contributed by atoms with van der Waals surface area (Å²) < 4.78 is 5.06. The van der Waals surface area contributed by atoms with Gasteiger partial charge in [-0.05, 0) is 6.42 Å². The Hall–Kier alpha value is -0.480. The molecule has 0 amide bonds. The van der Waals surface area contributed by atoms with E-state index in [9.17, 15) is 15.3 Å². The molecule has 8 atom stereocenters. The summed E-state index contributed by atoms with van der Waals surface area (Å²) in [6, 6.07) is 0. The van der Waals surface area contributed by atoms with Crippen LogP contribution in [0.3, 0.4) is 0 Å². The van der Waals surface area contributed by atoms with Gasteiger partial charge in [0.15, 0.2) is 0 Å². The van der Waals surface area contributed by atoms with Crippen LogP contribution in [0.5, 0.6) is 0 Å². The molecule has 0 bridgehead atoms. The van der Waals surface area contributed by atoms with Gasteiger partial charge < -0.3 is 60.9 Å². The molecule has 0 heterocycles. The third kappa shape index (κ3) is 12.2. The molecule has 172 valence electrons. The zero-order valence-electron chi connectivity index (χ0n) is 15.9. The molecule has 12 nitrogen and oxygen atoms in total. The summed E-state index contributed by atoms with van der Waals surface area (Å²) in [5.74, 6) is 0. The van der Waals surface area contributed by atoms with Crippen molar-refractivity contribution >= 4 is 0 Å². The van der Waals surface area contributed by atoms with Gasteiger partial charge in [0.2, 0.25) is 0 Å². The lowest BCUT2D eigenvalue weighted by atomic mass is 10.0. The molecule has 0 rings (SSSR count). The SMILES string of the molecule is CCCCOCC(O)C(O)C(O)C(O)CO.OCC(O)C(O)C(O)C(O)CO. The standard InChI is InChI=1S/C10H22O6.C6H14O6/c1-2-3-4-16-6-8(13)10(15)9(14)7(12)5-11;7-1-3(9)5(11)6(12)4(10)2-8/h7-15H,2-6H2,1H3;3-12H,1-2H2. The van der Waals surface area contributed by atoms with Gasteiger partial charge in [0.05, 0.1) is 26.4 Å². The van der Waals surface area contributed by atoms with Crippen LogP contribution in [0.4, 0.5) is 0 Å². The summed E-state index contributed by atoms with van der Waals surface area (Å²) in [6.07, 6.45) is -10.5. The van der Waals surface area contributed by atoms with Gasteiger partial charge in [-0.1, -0.05) is 13.3 Å². The monoisotopic (exact) mass is 420 g/mol. The smallest absolute Gasteiger partial charge is 0.111 e. The minimum atomic E-state index is -1.67. The van der Waals surface area contributed by atoms with Gasteiger partial charge in [-0.25, -0.2) is 0 Å². The molecule has 0 aromatic carbocycles. The van der Waals surface area contributed by atoms with Crippen molar-refractivity contribution < 1.29 is 60.9 Å².